The Morgan fingerprint density at radius 1 is 1.25 bits per heavy atom. The van der Waals surface area contributed by atoms with Crippen molar-refractivity contribution in [2.45, 2.75) is 50.7 Å². The lowest BCUT2D eigenvalue weighted by atomic mass is 9.75. The van der Waals surface area contributed by atoms with Gasteiger partial charge in [-0.3, -0.25) is 0 Å². The fourth-order valence-corrected chi connectivity index (χ4v) is 3.15. The van der Waals surface area contributed by atoms with Crippen LogP contribution in [0.25, 0.3) is 0 Å². The minimum absolute atomic E-state index is 0.106. The highest BCUT2D eigenvalue weighted by Crippen LogP contribution is 2.39. The summed E-state index contributed by atoms with van der Waals surface area (Å²) in [5.41, 5.74) is 1.38. The molecule has 1 fully saturated rings. The van der Waals surface area contributed by atoms with Gasteiger partial charge in [-0.1, -0.05) is 25.1 Å². The van der Waals surface area contributed by atoms with Crippen LogP contribution in [0.1, 0.15) is 38.2 Å². The molecule has 0 bridgehead atoms. The number of nitrogens with one attached hydrogen (secondary N) is 1. The van der Waals surface area contributed by atoms with E-state index < -0.39 is 0 Å². The van der Waals surface area contributed by atoms with E-state index >= 15 is 0 Å². The molecule has 0 aromatic heterocycles. The van der Waals surface area contributed by atoms with Crippen molar-refractivity contribution in [2.75, 3.05) is 20.8 Å². The predicted octanol–water partition coefficient (Wildman–Crippen LogP) is 3.18. The molecular weight excluding hydrogens is 250 g/mol. The highest BCUT2D eigenvalue weighted by molar-refractivity contribution is 5.34. The summed E-state index contributed by atoms with van der Waals surface area (Å²) in [5.74, 6) is 0.982. The summed E-state index contributed by atoms with van der Waals surface area (Å²) in [4.78, 5) is 0. The molecule has 3 heteroatoms. The first-order valence-electron chi connectivity index (χ1n) is 7.63. The van der Waals surface area contributed by atoms with Crippen LogP contribution in [0.3, 0.4) is 0 Å². The van der Waals surface area contributed by atoms with Gasteiger partial charge in [0.15, 0.2) is 0 Å². The number of rotatable bonds is 8. The number of benzene rings is 1. The van der Waals surface area contributed by atoms with Gasteiger partial charge in [-0.2, -0.15) is 0 Å². The number of likely N-dealkylation sites (N-methyl/N-ethyl adjacent to an activating group) is 1. The maximum absolute atomic E-state index is 5.77. The first-order valence-corrected chi connectivity index (χ1v) is 7.63. The molecule has 1 aliphatic rings. The molecule has 2 rings (SSSR count). The zero-order chi connectivity index (χ0) is 14.4. The Labute approximate surface area is 122 Å². The van der Waals surface area contributed by atoms with Crippen LogP contribution in [0.15, 0.2) is 24.3 Å². The molecule has 1 unspecified atom stereocenters. The molecule has 1 N–H and O–H groups in total. The lowest BCUT2D eigenvalue weighted by Crippen LogP contribution is -2.46. The summed E-state index contributed by atoms with van der Waals surface area (Å²) < 4.78 is 11.2. The minimum Gasteiger partial charge on any atom is -0.496 e. The zero-order valence-electron chi connectivity index (χ0n) is 12.9. The SMILES string of the molecule is CCNC(Cc1ccccc1OC)CC1(OC)CCC1. The Kier molecular flexibility index (Phi) is 5.44. The summed E-state index contributed by atoms with van der Waals surface area (Å²) in [6.45, 7) is 3.15. The molecule has 0 saturated heterocycles. The molecule has 1 aliphatic carbocycles. The molecular formula is C17H27NO2. The Morgan fingerprint density at radius 3 is 2.55 bits per heavy atom. The molecule has 112 valence electrons. The summed E-state index contributed by atoms with van der Waals surface area (Å²) in [6, 6.07) is 8.73. The molecule has 0 amide bonds. The number of hydrogen-bond donors (Lipinski definition) is 1. The van der Waals surface area contributed by atoms with Gasteiger partial charge < -0.3 is 14.8 Å². The van der Waals surface area contributed by atoms with E-state index in [0.29, 0.717) is 6.04 Å². The Morgan fingerprint density at radius 2 is 2.00 bits per heavy atom. The maximum atomic E-state index is 5.77. The number of hydrogen-bond acceptors (Lipinski definition) is 3. The predicted molar refractivity (Wildman–Crippen MR) is 82.4 cm³/mol. The van der Waals surface area contributed by atoms with E-state index in [1.54, 1.807) is 7.11 Å². The average Bonchev–Trinajstić information content (AvgIpc) is 2.43. The first-order chi connectivity index (χ1) is 9.73. The summed E-state index contributed by atoms with van der Waals surface area (Å²) in [6.07, 6.45) is 5.74. The van der Waals surface area contributed by atoms with Crippen molar-refractivity contribution < 1.29 is 9.47 Å². The van der Waals surface area contributed by atoms with Gasteiger partial charge in [0.05, 0.1) is 12.7 Å². The van der Waals surface area contributed by atoms with Crippen LogP contribution in [-0.2, 0) is 11.2 Å². The number of ether oxygens (including phenoxy) is 2. The van der Waals surface area contributed by atoms with Crippen molar-refractivity contribution in [3.63, 3.8) is 0 Å². The molecule has 0 spiro atoms. The normalized spacial score (nSPS) is 18.4. The molecule has 0 heterocycles. The van der Waals surface area contributed by atoms with Crippen LogP contribution in [0.2, 0.25) is 0 Å². The highest BCUT2D eigenvalue weighted by atomic mass is 16.5. The van der Waals surface area contributed by atoms with Crippen molar-refractivity contribution in [1.82, 2.24) is 5.32 Å². The number of para-hydroxylation sites is 1. The standard InChI is InChI=1S/C17H27NO2/c1-4-18-15(13-17(20-3)10-7-11-17)12-14-8-5-6-9-16(14)19-2/h5-6,8-9,15,18H,4,7,10-13H2,1-3H3. The molecule has 0 aliphatic heterocycles. The second-order valence-corrected chi connectivity index (χ2v) is 5.72. The van der Waals surface area contributed by atoms with Gasteiger partial charge in [0.1, 0.15) is 5.75 Å². The van der Waals surface area contributed by atoms with E-state index in [-0.39, 0.29) is 5.60 Å². The second-order valence-electron chi connectivity index (χ2n) is 5.72. The van der Waals surface area contributed by atoms with Gasteiger partial charge >= 0.3 is 0 Å². The molecule has 20 heavy (non-hydrogen) atoms. The minimum atomic E-state index is 0.106. The summed E-state index contributed by atoms with van der Waals surface area (Å²) >= 11 is 0. The van der Waals surface area contributed by atoms with Gasteiger partial charge in [0, 0.05) is 13.2 Å². The monoisotopic (exact) mass is 277 g/mol. The van der Waals surface area contributed by atoms with E-state index in [1.165, 1.54) is 24.8 Å². The maximum Gasteiger partial charge on any atom is 0.122 e. The van der Waals surface area contributed by atoms with Gasteiger partial charge in [0.25, 0.3) is 0 Å². The fourth-order valence-electron chi connectivity index (χ4n) is 3.15. The van der Waals surface area contributed by atoms with Crippen LogP contribution in [0.4, 0.5) is 0 Å². The molecule has 1 atom stereocenters. The molecule has 3 nitrogen and oxygen atoms in total. The van der Waals surface area contributed by atoms with Gasteiger partial charge in [-0.25, -0.2) is 0 Å². The third-order valence-corrected chi connectivity index (χ3v) is 4.47. The third kappa shape index (κ3) is 3.53. The van der Waals surface area contributed by atoms with E-state index in [0.717, 1.165) is 25.1 Å². The lowest BCUT2D eigenvalue weighted by Gasteiger charge is -2.43. The van der Waals surface area contributed by atoms with Crippen LogP contribution in [0.5, 0.6) is 5.75 Å². The van der Waals surface area contributed by atoms with Gasteiger partial charge in [-0.15, -0.1) is 0 Å². The first kappa shape index (κ1) is 15.3. The van der Waals surface area contributed by atoms with Gasteiger partial charge in [0.2, 0.25) is 0 Å². The Bertz CT molecular complexity index is 410. The van der Waals surface area contributed by atoms with Gasteiger partial charge in [-0.05, 0) is 50.3 Å². The Hall–Kier alpha value is -1.06. The van der Waals surface area contributed by atoms with E-state index in [1.807, 2.05) is 19.2 Å². The topological polar surface area (TPSA) is 30.5 Å². The van der Waals surface area contributed by atoms with E-state index in [9.17, 15) is 0 Å². The number of methoxy groups -OCH3 is 2. The molecule has 1 aromatic rings. The molecule has 0 radical (unpaired) electrons. The smallest absolute Gasteiger partial charge is 0.122 e. The van der Waals surface area contributed by atoms with Crippen LogP contribution >= 0.6 is 0 Å². The van der Waals surface area contributed by atoms with Crippen molar-refractivity contribution in [1.29, 1.82) is 0 Å². The van der Waals surface area contributed by atoms with Crippen molar-refractivity contribution in [2.24, 2.45) is 0 Å². The van der Waals surface area contributed by atoms with Crippen LogP contribution < -0.4 is 10.1 Å². The van der Waals surface area contributed by atoms with Crippen LogP contribution in [-0.4, -0.2) is 32.4 Å². The van der Waals surface area contributed by atoms with E-state index in [2.05, 4.69) is 24.4 Å². The molecule has 1 saturated carbocycles. The summed E-state index contributed by atoms with van der Waals surface area (Å²) in [7, 11) is 3.59. The van der Waals surface area contributed by atoms with Crippen molar-refractivity contribution in [3.8, 4) is 5.75 Å². The van der Waals surface area contributed by atoms with E-state index in [4.69, 9.17) is 9.47 Å². The third-order valence-electron chi connectivity index (χ3n) is 4.47. The van der Waals surface area contributed by atoms with Crippen molar-refractivity contribution >= 4 is 0 Å². The van der Waals surface area contributed by atoms with Crippen molar-refractivity contribution in [3.05, 3.63) is 29.8 Å². The second kappa shape index (κ2) is 7.09. The fraction of sp³-hybridized carbons (Fsp3) is 0.647. The average molecular weight is 277 g/mol. The highest BCUT2D eigenvalue weighted by Gasteiger charge is 2.38. The summed E-state index contributed by atoms with van der Waals surface area (Å²) in [5, 5.41) is 3.61. The molecule has 1 aromatic carbocycles. The zero-order valence-corrected chi connectivity index (χ0v) is 12.9. The quantitative estimate of drug-likeness (QED) is 0.791. The largest absolute Gasteiger partial charge is 0.496 e. The van der Waals surface area contributed by atoms with Crippen LogP contribution in [0, 0.1) is 0 Å². The Balaban J connectivity index is 2.05. The lowest BCUT2D eigenvalue weighted by molar-refractivity contribution is -0.0833.